The molecule has 1 amide bonds. The van der Waals surface area contributed by atoms with Crippen LogP contribution in [0.5, 0.6) is 0 Å². The average Bonchev–Trinajstić information content (AvgIpc) is 2.54. The molecule has 0 saturated carbocycles. The predicted octanol–water partition coefficient (Wildman–Crippen LogP) is 1.76. The van der Waals surface area contributed by atoms with E-state index in [-0.39, 0.29) is 28.4 Å². The van der Waals surface area contributed by atoms with Gasteiger partial charge in [0.1, 0.15) is 0 Å². The molecule has 2 heterocycles. The molecule has 0 spiro atoms. The fourth-order valence-electron chi connectivity index (χ4n) is 2.54. The minimum atomic E-state index is -0.580. The Morgan fingerprint density at radius 1 is 1.33 bits per heavy atom. The molecular formula is C17H24N4O3. The summed E-state index contributed by atoms with van der Waals surface area (Å²) in [6.07, 6.45) is 1.83. The van der Waals surface area contributed by atoms with Gasteiger partial charge in [0.25, 0.3) is 11.5 Å². The molecule has 0 aliphatic rings. The van der Waals surface area contributed by atoms with Crippen molar-refractivity contribution in [1.29, 1.82) is 0 Å². The highest BCUT2D eigenvalue weighted by atomic mass is 16.2. The van der Waals surface area contributed by atoms with Gasteiger partial charge in [0.2, 0.25) is 0 Å². The van der Waals surface area contributed by atoms with E-state index in [9.17, 15) is 14.4 Å². The molecule has 130 valence electrons. The SMILES string of the molecule is CCCCNC(=O)c1cc(C(C)C)nc2c1c(=O)[nH]c(=O)n2CC. The molecule has 7 nitrogen and oxygen atoms in total. The molecule has 2 N–H and O–H groups in total. The van der Waals surface area contributed by atoms with Crippen LogP contribution in [0.4, 0.5) is 0 Å². The number of nitrogens with one attached hydrogen (secondary N) is 2. The highest BCUT2D eigenvalue weighted by Gasteiger charge is 2.19. The number of hydrogen-bond donors (Lipinski definition) is 2. The van der Waals surface area contributed by atoms with Gasteiger partial charge in [-0.15, -0.1) is 0 Å². The summed E-state index contributed by atoms with van der Waals surface area (Å²) in [7, 11) is 0. The van der Waals surface area contributed by atoms with Crippen LogP contribution in [0.1, 0.15) is 62.5 Å². The molecule has 0 atom stereocenters. The second kappa shape index (κ2) is 7.42. The number of aromatic amines is 1. The summed E-state index contributed by atoms with van der Waals surface area (Å²) < 4.78 is 1.38. The number of carbonyl (C=O) groups excluding carboxylic acids is 1. The van der Waals surface area contributed by atoms with Gasteiger partial charge in [-0.05, 0) is 25.3 Å². The topological polar surface area (TPSA) is 96.8 Å². The normalized spacial score (nSPS) is 11.2. The maximum Gasteiger partial charge on any atom is 0.329 e. The second-order valence-electron chi connectivity index (χ2n) is 6.06. The van der Waals surface area contributed by atoms with Crippen LogP contribution in [0.25, 0.3) is 11.0 Å². The summed E-state index contributed by atoms with van der Waals surface area (Å²) in [6.45, 7) is 8.64. The third-order valence-electron chi connectivity index (χ3n) is 3.94. The molecule has 0 aliphatic carbocycles. The second-order valence-corrected chi connectivity index (χ2v) is 6.06. The number of nitrogens with zero attached hydrogens (tertiary/aromatic N) is 2. The van der Waals surface area contributed by atoms with E-state index in [2.05, 4.69) is 15.3 Å². The molecule has 0 radical (unpaired) electrons. The number of fused-ring (bicyclic) bond motifs is 1. The van der Waals surface area contributed by atoms with Crippen molar-refractivity contribution >= 4 is 16.9 Å². The van der Waals surface area contributed by atoms with Crippen LogP contribution in [0.15, 0.2) is 15.7 Å². The molecule has 24 heavy (non-hydrogen) atoms. The highest BCUT2D eigenvalue weighted by molar-refractivity contribution is 6.05. The Morgan fingerprint density at radius 3 is 2.62 bits per heavy atom. The minimum absolute atomic E-state index is 0.0660. The maximum atomic E-state index is 12.6. The van der Waals surface area contributed by atoms with Gasteiger partial charge in [0.05, 0.1) is 10.9 Å². The van der Waals surface area contributed by atoms with Gasteiger partial charge >= 0.3 is 5.69 Å². The van der Waals surface area contributed by atoms with Crippen LogP contribution in [0, 0.1) is 0 Å². The molecule has 2 rings (SSSR count). The molecule has 0 unspecified atom stereocenters. The summed E-state index contributed by atoms with van der Waals surface area (Å²) in [6, 6.07) is 1.65. The van der Waals surface area contributed by atoms with Gasteiger partial charge in [-0.25, -0.2) is 9.78 Å². The lowest BCUT2D eigenvalue weighted by Crippen LogP contribution is -2.33. The van der Waals surface area contributed by atoms with Gasteiger partial charge in [-0.2, -0.15) is 0 Å². The Morgan fingerprint density at radius 2 is 2.04 bits per heavy atom. The van der Waals surface area contributed by atoms with E-state index in [1.54, 1.807) is 13.0 Å². The van der Waals surface area contributed by atoms with E-state index >= 15 is 0 Å². The van der Waals surface area contributed by atoms with Crippen molar-refractivity contribution in [1.82, 2.24) is 19.9 Å². The number of aromatic nitrogens is 3. The van der Waals surface area contributed by atoms with E-state index in [0.717, 1.165) is 12.8 Å². The van der Waals surface area contributed by atoms with Gasteiger partial charge in [-0.1, -0.05) is 27.2 Å². The van der Waals surface area contributed by atoms with Crippen LogP contribution in [-0.4, -0.2) is 27.0 Å². The Labute approximate surface area is 140 Å². The number of H-pyrrole nitrogens is 1. The largest absolute Gasteiger partial charge is 0.352 e. The molecule has 0 fully saturated rings. The zero-order valence-corrected chi connectivity index (χ0v) is 14.6. The van der Waals surface area contributed by atoms with E-state index < -0.39 is 11.2 Å². The number of pyridine rings is 1. The Bertz CT molecular complexity index is 864. The Hall–Kier alpha value is -2.44. The fourth-order valence-corrected chi connectivity index (χ4v) is 2.54. The summed E-state index contributed by atoms with van der Waals surface area (Å²) in [5, 5.41) is 2.99. The van der Waals surface area contributed by atoms with Crippen molar-refractivity contribution in [3.63, 3.8) is 0 Å². The first kappa shape index (κ1) is 17.9. The molecule has 0 aliphatic heterocycles. The first-order valence-electron chi connectivity index (χ1n) is 8.36. The third kappa shape index (κ3) is 3.39. The van der Waals surface area contributed by atoms with Crippen LogP contribution in [0.2, 0.25) is 0 Å². The van der Waals surface area contributed by atoms with E-state index in [4.69, 9.17) is 0 Å². The first-order valence-corrected chi connectivity index (χ1v) is 8.36. The maximum absolute atomic E-state index is 12.6. The minimum Gasteiger partial charge on any atom is -0.352 e. The fraction of sp³-hybridized carbons (Fsp3) is 0.529. The van der Waals surface area contributed by atoms with Crippen molar-refractivity contribution in [3.05, 3.63) is 38.2 Å². The summed E-state index contributed by atoms with van der Waals surface area (Å²) in [5.41, 5.74) is 0.112. The zero-order valence-electron chi connectivity index (χ0n) is 14.6. The molecule has 0 saturated heterocycles. The van der Waals surface area contributed by atoms with Crippen molar-refractivity contribution in [2.75, 3.05) is 6.54 Å². The first-order chi connectivity index (χ1) is 11.4. The standard InChI is InChI=1S/C17H24N4O3/c1-5-7-8-18-15(22)11-9-12(10(3)4)19-14-13(11)16(23)20-17(24)21(14)6-2/h9-10H,5-8H2,1-4H3,(H,18,22)(H,20,23,24). The lowest BCUT2D eigenvalue weighted by Gasteiger charge is -2.14. The van der Waals surface area contributed by atoms with Gasteiger partial charge in [-0.3, -0.25) is 19.1 Å². The number of aryl methyl sites for hydroxylation is 1. The summed E-state index contributed by atoms with van der Waals surface area (Å²) >= 11 is 0. The molecule has 2 aromatic rings. The monoisotopic (exact) mass is 332 g/mol. The van der Waals surface area contributed by atoms with Crippen molar-refractivity contribution in [3.8, 4) is 0 Å². The number of amides is 1. The number of rotatable bonds is 6. The lowest BCUT2D eigenvalue weighted by atomic mass is 10.0. The van der Waals surface area contributed by atoms with E-state index in [1.807, 2.05) is 20.8 Å². The van der Waals surface area contributed by atoms with Crippen LogP contribution in [0.3, 0.4) is 0 Å². The quantitative estimate of drug-likeness (QED) is 0.788. The number of unbranched alkanes of at least 4 members (excludes halogenated alkanes) is 1. The molecular weight excluding hydrogens is 308 g/mol. The van der Waals surface area contributed by atoms with Crippen molar-refractivity contribution < 1.29 is 4.79 Å². The van der Waals surface area contributed by atoms with Crippen molar-refractivity contribution in [2.45, 2.75) is 53.0 Å². The van der Waals surface area contributed by atoms with E-state index in [0.29, 0.717) is 18.8 Å². The smallest absolute Gasteiger partial charge is 0.329 e. The van der Waals surface area contributed by atoms with Crippen LogP contribution in [-0.2, 0) is 6.54 Å². The predicted molar refractivity (Wildman–Crippen MR) is 93.6 cm³/mol. The summed E-state index contributed by atoms with van der Waals surface area (Å²) in [5.74, 6) is -0.249. The molecule has 0 bridgehead atoms. The number of carbonyl (C=O) groups is 1. The number of hydrogen-bond acceptors (Lipinski definition) is 4. The summed E-state index contributed by atoms with van der Waals surface area (Å²) in [4.78, 5) is 43.7. The Balaban J connectivity index is 2.75. The lowest BCUT2D eigenvalue weighted by molar-refractivity contribution is 0.0954. The van der Waals surface area contributed by atoms with E-state index in [1.165, 1.54) is 4.57 Å². The van der Waals surface area contributed by atoms with Gasteiger partial charge in [0.15, 0.2) is 5.65 Å². The molecule has 7 heteroatoms. The molecule has 0 aromatic carbocycles. The molecule has 2 aromatic heterocycles. The van der Waals surface area contributed by atoms with Gasteiger partial charge < -0.3 is 5.32 Å². The Kier molecular flexibility index (Phi) is 5.54. The highest BCUT2D eigenvalue weighted by Crippen LogP contribution is 2.19. The van der Waals surface area contributed by atoms with Gasteiger partial charge in [0, 0.05) is 18.8 Å². The average molecular weight is 332 g/mol. The van der Waals surface area contributed by atoms with Crippen LogP contribution < -0.4 is 16.6 Å². The third-order valence-corrected chi connectivity index (χ3v) is 3.94. The van der Waals surface area contributed by atoms with Crippen molar-refractivity contribution in [2.24, 2.45) is 0 Å². The zero-order chi connectivity index (χ0) is 17.9. The van der Waals surface area contributed by atoms with Crippen LogP contribution >= 0.6 is 0 Å².